The highest BCUT2D eigenvalue weighted by molar-refractivity contribution is 6.05. The molecule has 0 fully saturated rings. The largest absolute Gasteiger partial charge is 0.378 e. The van der Waals surface area contributed by atoms with Crippen LogP contribution in [0.5, 0.6) is 0 Å². The summed E-state index contributed by atoms with van der Waals surface area (Å²) in [6, 6.07) is 5.67. The second kappa shape index (κ2) is 3.57. The molecule has 1 unspecified atom stereocenters. The maximum atomic E-state index is 11.7. The van der Waals surface area contributed by atoms with Crippen molar-refractivity contribution in [2.24, 2.45) is 5.73 Å². The normalized spacial score (nSPS) is 19.1. The Kier molecular flexibility index (Phi) is 2.48. The molecule has 1 aliphatic rings. The Morgan fingerprint density at radius 1 is 1.50 bits per heavy atom. The number of amides is 1. The van der Waals surface area contributed by atoms with E-state index in [9.17, 15) is 4.79 Å². The Hall–Kier alpha value is -1.39. The maximum absolute atomic E-state index is 11.7. The third-order valence-corrected chi connectivity index (χ3v) is 3.02. The van der Waals surface area contributed by atoms with E-state index in [1.807, 2.05) is 32.0 Å². The Balaban J connectivity index is 2.40. The van der Waals surface area contributed by atoms with Crippen LogP contribution in [0.3, 0.4) is 0 Å². The van der Waals surface area contributed by atoms with Gasteiger partial charge in [0, 0.05) is 12.1 Å². The van der Waals surface area contributed by atoms with Gasteiger partial charge in [-0.25, -0.2) is 0 Å². The number of nitrogens with two attached hydrogens (primary N) is 1. The summed E-state index contributed by atoms with van der Waals surface area (Å²) in [5, 5.41) is 12.0. The van der Waals surface area contributed by atoms with Crippen LogP contribution in [0, 0.1) is 0 Å². The SMILES string of the molecule is CC1(C)C(=O)Nc2ccc(CC(N)O)cc21. The van der Waals surface area contributed by atoms with Gasteiger partial charge in [-0.2, -0.15) is 0 Å². The zero-order valence-electron chi connectivity index (χ0n) is 9.45. The molecule has 0 spiro atoms. The molecule has 1 amide bonds. The van der Waals surface area contributed by atoms with Crippen LogP contribution in [0.15, 0.2) is 18.2 Å². The van der Waals surface area contributed by atoms with Gasteiger partial charge in [0.15, 0.2) is 0 Å². The van der Waals surface area contributed by atoms with Gasteiger partial charge in [0.1, 0.15) is 6.23 Å². The van der Waals surface area contributed by atoms with E-state index in [1.165, 1.54) is 0 Å². The quantitative estimate of drug-likeness (QED) is 0.643. The van der Waals surface area contributed by atoms with Crippen molar-refractivity contribution in [1.82, 2.24) is 0 Å². The smallest absolute Gasteiger partial charge is 0.234 e. The van der Waals surface area contributed by atoms with Gasteiger partial charge < -0.3 is 16.2 Å². The number of benzene rings is 1. The maximum Gasteiger partial charge on any atom is 0.234 e. The minimum Gasteiger partial charge on any atom is -0.378 e. The van der Waals surface area contributed by atoms with Crippen molar-refractivity contribution in [2.45, 2.75) is 31.9 Å². The number of fused-ring (bicyclic) bond motifs is 1. The first-order valence-electron chi connectivity index (χ1n) is 5.30. The third kappa shape index (κ3) is 1.70. The van der Waals surface area contributed by atoms with Crippen molar-refractivity contribution in [3.8, 4) is 0 Å². The molecular formula is C12H16N2O2. The summed E-state index contributed by atoms with van der Waals surface area (Å²) in [4.78, 5) is 11.7. The summed E-state index contributed by atoms with van der Waals surface area (Å²) in [6.07, 6.45) is -0.455. The lowest BCUT2D eigenvalue weighted by Crippen LogP contribution is -2.27. The predicted molar refractivity (Wildman–Crippen MR) is 62.0 cm³/mol. The molecular weight excluding hydrogens is 204 g/mol. The van der Waals surface area contributed by atoms with Crippen LogP contribution in [0.1, 0.15) is 25.0 Å². The Morgan fingerprint density at radius 2 is 2.19 bits per heavy atom. The van der Waals surface area contributed by atoms with Gasteiger partial charge in [0.2, 0.25) is 5.91 Å². The molecule has 2 rings (SSSR count). The number of aliphatic hydroxyl groups excluding tert-OH is 1. The molecule has 0 saturated carbocycles. The highest BCUT2D eigenvalue weighted by Gasteiger charge is 2.38. The van der Waals surface area contributed by atoms with Crippen molar-refractivity contribution < 1.29 is 9.90 Å². The highest BCUT2D eigenvalue weighted by Crippen LogP contribution is 2.37. The van der Waals surface area contributed by atoms with E-state index in [1.54, 1.807) is 0 Å². The summed E-state index contributed by atoms with van der Waals surface area (Å²) in [5.74, 6) is 0.00736. The van der Waals surface area contributed by atoms with Gasteiger partial charge in [0.25, 0.3) is 0 Å². The van der Waals surface area contributed by atoms with Crippen molar-refractivity contribution >= 4 is 11.6 Å². The van der Waals surface area contributed by atoms with Crippen LogP contribution in [-0.4, -0.2) is 17.2 Å². The molecule has 16 heavy (non-hydrogen) atoms. The summed E-state index contributed by atoms with van der Waals surface area (Å²) in [7, 11) is 0. The molecule has 4 heteroatoms. The van der Waals surface area contributed by atoms with Crippen LogP contribution in [0.4, 0.5) is 5.69 Å². The molecule has 1 atom stereocenters. The fraction of sp³-hybridized carbons (Fsp3) is 0.417. The van der Waals surface area contributed by atoms with Crippen LogP contribution in [0.2, 0.25) is 0 Å². The standard InChI is InChI=1S/C12H16N2O2/c1-12(2)8-5-7(6-10(13)15)3-4-9(8)14-11(12)16/h3-5,10,15H,6,13H2,1-2H3,(H,14,16). The van der Waals surface area contributed by atoms with Crippen molar-refractivity contribution in [3.63, 3.8) is 0 Å². The average Bonchev–Trinajstić information content (AvgIpc) is 2.39. The number of hydrogen-bond acceptors (Lipinski definition) is 3. The number of carbonyl (C=O) groups is 1. The van der Waals surface area contributed by atoms with E-state index < -0.39 is 11.6 Å². The molecule has 1 aromatic carbocycles. The van der Waals surface area contributed by atoms with E-state index in [0.717, 1.165) is 16.8 Å². The molecule has 0 radical (unpaired) electrons. The zero-order chi connectivity index (χ0) is 11.9. The fourth-order valence-electron chi connectivity index (χ4n) is 1.99. The summed E-state index contributed by atoms with van der Waals surface area (Å²) in [6.45, 7) is 3.77. The first-order chi connectivity index (χ1) is 7.41. The molecule has 0 aromatic heterocycles. The van der Waals surface area contributed by atoms with Crippen molar-refractivity contribution in [1.29, 1.82) is 0 Å². The molecule has 1 heterocycles. The number of anilines is 1. The molecule has 4 nitrogen and oxygen atoms in total. The first-order valence-corrected chi connectivity index (χ1v) is 5.30. The highest BCUT2D eigenvalue weighted by atomic mass is 16.3. The molecule has 1 aromatic rings. The van der Waals surface area contributed by atoms with Crippen LogP contribution in [-0.2, 0) is 16.6 Å². The third-order valence-electron chi connectivity index (χ3n) is 3.02. The number of aliphatic hydroxyl groups is 1. The van der Waals surface area contributed by atoms with Crippen molar-refractivity contribution in [2.75, 3.05) is 5.32 Å². The second-order valence-electron chi connectivity index (χ2n) is 4.73. The van der Waals surface area contributed by atoms with E-state index in [0.29, 0.717) is 6.42 Å². The number of hydrogen-bond donors (Lipinski definition) is 3. The Morgan fingerprint density at radius 3 is 2.81 bits per heavy atom. The Bertz CT molecular complexity index is 439. The minimum atomic E-state index is -0.855. The lowest BCUT2D eigenvalue weighted by molar-refractivity contribution is -0.119. The topological polar surface area (TPSA) is 75.4 Å². The average molecular weight is 220 g/mol. The van der Waals surface area contributed by atoms with Gasteiger partial charge >= 0.3 is 0 Å². The summed E-state index contributed by atoms with van der Waals surface area (Å²) >= 11 is 0. The fourth-order valence-corrected chi connectivity index (χ4v) is 1.99. The number of rotatable bonds is 2. The van der Waals surface area contributed by atoms with E-state index in [2.05, 4.69) is 5.32 Å². The van der Waals surface area contributed by atoms with Crippen LogP contribution in [0.25, 0.3) is 0 Å². The molecule has 1 aliphatic heterocycles. The zero-order valence-corrected chi connectivity index (χ0v) is 9.45. The van der Waals surface area contributed by atoms with Gasteiger partial charge in [-0.05, 0) is 31.0 Å². The van der Waals surface area contributed by atoms with Crippen LogP contribution < -0.4 is 11.1 Å². The molecule has 0 aliphatic carbocycles. The van der Waals surface area contributed by atoms with Crippen LogP contribution >= 0.6 is 0 Å². The van der Waals surface area contributed by atoms with Gasteiger partial charge in [0.05, 0.1) is 5.41 Å². The molecule has 0 saturated heterocycles. The second-order valence-corrected chi connectivity index (χ2v) is 4.73. The summed E-state index contributed by atoms with van der Waals surface area (Å²) < 4.78 is 0. The first kappa shape index (κ1) is 11.1. The van der Waals surface area contributed by atoms with E-state index in [-0.39, 0.29) is 5.91 Å². The van der Waals surface area contributed by atoms with Gasteiger partial charge in [-0.15, -0.1) is 0 Å². The monoisotopic (exact) mass is 220 g/mol. The number of carbonyl (C=O) groups excluding carboxylic acids is 1. The van der Waals surface area contributed by atoms with Crippen molar-refractivity contribution in [3.05, 3.63) is 29.3 Å². The lowest BCUT2D eigenvalue weighted by atomic mass is 9.85. The molecule has 86 valence electrons. The van der Waals surface area contributed by atoms with E-state index in [4.69, 9.17) is 10.8 Å². The van der Waals surface area contributed by atoms with Gasteiger partial charge in [-0.3, -0.25) is 4.79 Å². The predicted octanol–water partition coefficient (Wildman–Crippen LogP) is 0.736. The summed E-state index contributed by atoms with van der Waals surface area (Å²) in [5.41, 5.74) is 7.59. The lowest BCUT2D eigenvalue weighted by Gasteiger charge is -2.16. The molecule has 0 bridgehead atoms. The Labute approximate surface area is 94.5 Å². The minimum absolute atomic E-state index is 0.00736. The number of nitrogens with one attached hydrogen (secondary N) is 1. The van der Waals surface area contributed by atoms with E-state index >= 15 is 0 Å². The molecule has 4 N–H and O–H groups in total. The van der Waals surface area contributed by atoms with Gasteiger partial charge in [-0.1, -0.05) is 12.1 Å².